The van der Waals surface area contributed by atoms with E-state index in [0.717, 1.165) is 5.56 Å². The van der Waals surface area contributed by atoms with Crippen LogP contribution < -0.4 is 4.90 Å². The SMILES string of the molecule is CSc1ccc(CN(C)c2ccc(C(=O)N3CCOCC3)cc2[N+](=O)[O-])cc1. The average molecular weight is 401 g/mol. The maximum atomic E-state index is 12.6. The van der Waals surface area contributed by atoms with Crippen LogP contribution in [0.3, 0.4) is 0 Å². The number of nitro groups is 1. The topological polar surface area (TPSA) is 75.9 Å². The van der Waals surface area contributed by atoms with Gasteiger partial charge in [-0.25, -0.2) is 0 Å². The second kappa shape index (κ2) is 9.07. The number of hydrogen-bond donors (Lipinski definition) is 0. The molecule has 8 heteroatoms. The third kappa shape index (κ3) is 4.63. The number of hydrogen-bond acceptors (Lipinski definition) is 6. The van der Waals surface area contributed by atoms with Gasteiger partial charge in [-0.2, -0.15) is 0 Å². The highest BCUT2D eigenvalue weighted by atomic mass is 32.2. The molecule has 2 aromatic rings. The Balaban J connectivity index is 1.81. The Labute approximate surface area is 168 Å². The van der Waals surface area contributed by atoms with Crippen LogP contribution in [0.5, 0.6) is 0 Å². The fourth-order valence-electron chi connectivity index (χ4n) is 3.16. The van der Waals surface area contributed by atoms with E-state index in [1.54, 1.807) is 28.8 Å². The number of anilines is 1. The van der Waals surface area contributed by atoms with Gasteiger partial charge in [0.15, 0.2) is 0 Å². The van der Waals surface area contributed by atoms with Gasteiger partial charge in [-0.1, -0.05) is 12.1 Å². The number of rotatable bonds is 6. The molecule has 148 valence electrons. The van der Waals surface area contributed by atoms with Crippen molar-refractivity contribution < 1.29 is 14.5 Å². The molecule has 7 nitrogen and oxygen atoms in total. The first kappa shape index (κ1) is 20.2. The maximum Gasteiger partial charge on any atom is 0.293 e. The molecule has 28 heavy (non-hydrogen) atoms. The molecule has 1 fully saturated rings. The summed E-state index contributed by atoms with van der Waals surface area (Å²) < 4.78 is 5.26. The molecule has 0 aliphatic carbocycles. The molecular formula is C20H23N3O4S. The zero-order valence-corrected chi connectivity index (χ0v) is 16.8. The first-order valence-electron chi connectivity index (χ1n) is 8.99. The Hall–Kier alpha value is -2.58. The molecule has 0 bridgehead atoms. The predicted molar refractivity (Wildman–Crippen MR) is 110 cm³/mol. The minimum Gasteiger partial charge on any atom is -0.378 e. The molecule has 0 atom stereocenters. The minimum absolute atomic E-state index is 0.0673. The molecule has 0 aromatic heterocycles. The summed E-state index contributed by atoms with van der Waals surface area (Å²) in [6.45, 7) is 2.51. The normalized spacial score (nSPS) is 14.0. The van der Waals surface area contributed by atoms with Gasteiger partial charge in [-0.3, -0.25) is 14.9 Å². The van der Waals surface area contributed by atoms with Gasteiger partial charge in [0.1, 0.15) is 5.69 Å². The Morgan fingerprint density at radius 3 is 2.50 bits per heavy atom. The van der Waals surface area contributed by atoms with E-state index in [2.05, 4.69) is 0 Å². The van der Waals surface area contributed by atoms with Crippen molar-refractivity contribution in [3.8, 4) is 0 Å². The highest BCUT2D eigenvalue weighted by Crippen LogP contribution is 2.30. The number of morpholine rings is 1. The first-order chi connectivity index (χ1) is 13.5. The molecule has 1 aliphatic rings. The Kier molecular flexibility index (Phi) is 6.53. The van der Waals surface area contributed by atoms with E-state index in [9.17, 15) is 14.9 Å². The summed E-state index contributed by atoms with van der Waals surface area (Å²) >= 11 is 1.67. The number of nitro benzene ring substituents is 1. The van der Waals surface area contributed by atoms with E-state index in [4.69, 9.17) is 4.74 Å². The molecular weight excluding hydrogens is 378 g/mol. The number of benzene rings is 2. The third-order valence-electron chi connectivity index (χ3n) is 4.71. The number of amides is 1. The maximum absolute atomic E-state index is 12.6. The van der Waals surface area contributed by atoms with Gasteiger partial charge in [-0.15, -0.1) is 11.8 Å². The fourth-order valence-corrected chi connectivity index (χ4v) is 3.57. The van der Waals surface area contributed by atoms with E-state index >= 15 is 0 Å². The molecule has 0 spiro atoms. The van der Waals surface area contributed by atoms with Crippen molar-refractivity contribution in [3.05, 3.63) is 63.7 Å². The molecule has 0 radical (unpaired) electrons. The summed E-state index contributed by atoms with van der Waals surface area (Å²) in [6.07, 6.45) is 2.02. The second-order valence-corrected chi connectivity index (χ2v) is 7.45. The fraction of sp³-hybridized carbons (Fsp3) is 0.350. The summed E-state index contributed by atoms with van der Waals surface area (Å²) in [4.78, 5) is 28.5. The minimum atomic E-state index is -0.432. The second-order valence-electron chi connectivity index (χ2n) is 6.57. The summed E-state index contributed by atoms with van der Waals surface area (Å²) in [5, 5.41) is 11.6. The van der Waals surface area contributed by atoms with Crippen molar-refractivity contribution in [1.29, 1.82) is 0 Å². The van der Waals surface area contributed by atoms with E-state index in [0.29, 0.717) is 44.1 Å². The molecule has 0 saturated carbocycles. The Bertz CT molecular complexity index is 851. The summed E-state index contributed by atoms with van der Waals surface area (Å²) in [5.41, 5.74) is 1.80. The first-order valence-corrected chi connectivity index (χ1v) is 10.2. The number of thioether (sulfide) groups is 1. The monoisotopic (exact) mass is 401 g/mol. The number of carbonyl (C=O) groups is 1. The smallest absolute Gasteiger partial charge is 0.293 e. The van der Waals surface area contributed by atoms with Gasteiger partial charge in [0.05, 0.1) is 18.1 Å². The number of carbonyl (C=O) groups excluding carboxylic acids is 1. The van der Waals surface area contributed by atoms with Crippen LogP contribution in [-0.2, 0) is 11.3 Å². The van der Waals surface area contributed by atoms with Crippen LogP contribution in [0, 0.1) is 10.1 Å². The van der Waals surface area contributed by atoms with Crippen molar-refractivity contribution in [3.63, 3.8) is 0 Å². The lowest BCUT2D eigenvalue weighted by atomic mass is 10.1. The molecule has 1 amide bonds. The predicted octanol–water partition coefficient (Wildman–Crippen LogP) is 3.43. The zero-order chi connectivity index (χ0) is 20.1. The van der Waals surface area contributed by atoms with Crippen molar-refractivity contribution in [2.45, 2.75) is 11.4 Å². The molecule has 1 heterocycles. The van der Waals surface area contributed by atoms with Crippen molar-refractivity contribution in [1.82, 2.24) is 4.90 Å². The number of ether oxygens (including phenoxy) is 1. The Morgan fingerprint density at radius 1 is 1.21 bits per heavy atom. The van der Waals surface area contributed by atoms with Crippen LogP contribution in [0.15, 0.2) is 47.4 Å². The number of nitrogens with zero attached hydrogens (tertiary/aromatic N) is 3. The summed E-state index contributed by atoms with van der Waals surface area (Å²) in [5.74, 6) is -0.201. The molecule has 0 N–H and O–H groups in total. The van der Waals surface area contributed by atoms with Crippen LogP contribution in [0.1, 0.15) is 15.9 Å². The van der Waals surface area contributed by atoms with E-state index in [1.165, 1.54) is 11.0 Å². The standard InChI is InChI=1S/C20H23N3O4S/c1-21(14-15-3-6-17(28-2)7-4-15)18-8-5-16(13-19(18)23(25)26)20(24)22-9-11-27-12-10-22/h3-8,13H,9-12,14H2,1-2H3. The van der Waals surface area contributed by atoms with Crippen LogP contribution in [0.4, 0.5) is 11.4 Å². The average Bonchev–Trinajstić information content (AvgIpc) is 2.73. The molecule has 0 unspecified atom stereocenters. The molecule has 3 rings (SSSR count). The highest BCUT2D eigenvalue weighted by molar-refractivity contribution is 7.98. The van der Waals surface area contributed by atoms with E-state index in [-0.39, 0.29) is 11.6 Å². The van der Waals surface area contributed by atoms with Crippen LogP contribution in [0.25, 0.3) is 0 Å². The van der Waals surface area contributed by atoms with Crippen LogP contribution in [0.2, 0.25) is 0 Å². The highest BCUT2D eigenvalue weighted by Gasteiger charge is 2.24. The van der Waals surface area contributed by atoms with Gasteiger partial charge in [0.25, 0.3) is 11.6 Å². The molecule has 1 saturated heterocycles. The van der Waals surface area contributed by atoms with Gasteiger partial charge in [0.2, 0.25) is 0 Å². The zero-order valence-electron chi connectivity index (χ0n) is 16.0. The molecule has 1 aliphatic heterocycles. The summed E-state index contributed by atoms with van der Waals surface area (Å²) in [7, 11) is 1.81. The van der Waals surface area contributed by atoms with E-state index < -0.39 is 4.92 Å². The lowest BCUT2D eigenvalue weighted by Gasteiger charge is -2.27. The van der Waals surface area contributed by atoms with Gasteiger partial charge in [-0.05, 0) is 36.1 Å². The van der Waals surface area contributed by atoms with E-state index in [1.807, 2.05) is 42.5 Å². The molecule has 2 aromatic carbocycles. The lowest BCUT2D eigenvalue weighted by molar-refractivity contribution is -0.384. The van der Waals surface area contributed by atoms with Gasteiger partial charge in [0, 0.05) is 43.2 Å². The van der Waals surface area contributed by atoms with Crippen LogP contribution in [-0.4, -0.2) is 55.3 Å². The van der Waals surface area contributed by atoms with Crippen LogP contribution >= 0.6 is 11.8 Å². The third-order valence-corrected chi connectivity index (χ3v) is 5.45. The van der Waals surface area contributed by atoms with Gasteiger partial charge < -0.3 is 14.5 Å². The summed E-state index contributed by atoms with van der Waals surface area (Å²) in [6, 6.07) is 12.8. The quantitative estimate of drug-likeness (QED) is 0.419. The van der Waals surface area contributed by atoms with Gasteiger partial charge >= 0.3 is 0 Å². The van der Waals surface area contributed by atoms with Crippen molar-refractivity contribution in [2.24, 2.45) is 0 Å². The van der Waals surface area contributed by atoms with Crippen molar-refractivity contribution in [2.75, 3.05) is 44.5 Å². The Morgan fingerprint density at radius 2 is 1.89 bits per heavy atom. The largest absolute Gasteiger partial charge is 0.378 e. The van der Waals surface area contributed by atoms with Crippen molar-refractivity contribution >= 4 is 29.0 Å². The lowest BCUT2D eigenvalue weighted by Crippen LogP contribution is -2.40.